The lowest BCUT2D eigenvalue weighted by Gasteiger charge is -2.31. The summed E-state index contributed by atoms with van der Waals surface area (Å²) in [5.41, 5.74) is -0.326. The lowest BCUT2D eigenvalue weighted by Crippen LogP contribution is -2.56. The second kappa shape index (κ2) is 11.1. The molecule has 2 atom stereocenters. The molecule has 1 aromatic heterocycles. The Hall–Kier alpha value is -3.36. The number of esters is 1. The first kappa shape index (κ1) is 25.7. The van der Waals surface area contributed by atoms with E-state index in [1.54, 1.807) is 20.0 Å². The number of pyridine rings is 1. The van der Waals surface area contributed by atoms with Crippen LogP contribution in [0.3, 0.4) is 0 Å². The third-order valence-corrected chi connectivity index (χ3v) is 7.06. The van der Waals surface area contributed by atoms with Crippen LogP contribution >= 0.6 is 0 Å². The summed E-state index contributed by atoms with van der Waals surface area (Å²) in [6, 6.07) is 8.23. The summed E-state index contributed by atoms with van der Waals surface area (Å²) in [4.78, 5) is 48.5. The first-order valence-electron chi connectivity index (χ1n) is 12.5. The Morgan fingerprint density at radius 3 is 2.64 bits per heavy atom. The number of ether oxygens (including phenoxy) is 1. The molecule has 1 saturated carbocycles. The second-order valence-corrected chi connectivity index (χ2v) is 9.81. The SMILES string of the molecule is CC(C)[C@@]1(C(=O)N[C@@H](CC(=O)OC2CCCCC2)C(=O)CF)CC(c2nccc3ccccc23)=NO1. The maximum absolute atomic E-state index is 13.5. The fourth-order valence-corrected chi connectivity index (χ4v) is 4.82. The van der Waals surface area contributed by atoms with Crippen molar-refractivity contribution in [2.45, 2.75) is 76.5 Å². The summed E-state index contributed by atoms with van der Waals surface area (Å²) >= 11 is 0. The predicted octanol–water partition coefficient (Wildman–Crippen LogP) is 4.04. The van der Waals surface area contributed by atoms with Gasteiger partial charge in [-0.3, -0.25) is 19.4 Å². The molecule has 0 bridgehead atoms. The molecule has 36 heavy (non-hydrogen) atoms. The molecule has 2 aliphatic rings. The van der Waals surface area contributed by atoms with Crippen molar-refractivity contribution in [3.8, 4) is 0 Å². The van der Waals surface area contributed by atoms with Crippen LogP contribution in [0.4, 0.5) is 4.39 Å². The number of oxime groups is 1. The Kier molecular flexibility index (Phi) is 7.96. The molecule has 1 amide bonds. The topological polar surface area (TPSA) is 107 Å². The zero-order valence-electron chi connectivity index (χ0n) is 20.7. The van der Waals surface area contributed by atoms with Gasteiger partial charge in [0.2, 0.25) is 5.60 Å². The number of Topliss-reactive ketones (excluding diaryl/α,β-unsaturated/α-hetero) is 1. The zero-order valence-corrected chi connectivity index (χ0v) is 20.7. The molecular weight excluding hydrogens is 465 g/mol. The van der Waals surface area contributed by atoms with Crippen molar-refractivity contribution in [2.75, 3.05) is 6.67 Å². The van der Waals surface area contributed by atoms with Crippen molar-refractivity contribution in [1.29, 1.82) is 0 Å². The molecule has 1 aromatic carbocycles. The highest BCUT2D eigenvalue weighted by Gasteiger charge is 2.51. The molecule has 0 radical (unpaired) electrons. The molecule has 0 unspecified atom stereocenters. The summed E-state index contributed by atoms with van der Waals surface area (Å²) in [6.45, 7) is 2.30. The maximum atomic E-state index is 13.5. The standard InChI is InChI=1S/C27H32FN3O5/c1-17(2)27(15-22(31-36-27)25-20-11-7-6-8-18(20)12-13-29-25)26(34)30-21(23(32)16-28)14-24(33)35-19-9-4-3-5-10-19/h6-8,11-13,17,19,21H,3-5,9-10,14-16H2,1-2H3,(H,30,34)/t21-,27+/m0/s1. The van der Waals surface area contributed by atoms with Crippen molar-refractivity contribution < 1.29 is 28.3 Å². The molecule has 1 aliphatic heterocycles. The van der Waals surface area contributed by atoms with E-state index in [2.05, 4.69) is 15.5 Å². The van der Waals surface area contributed by atoms with Crippen molar-refractivity contribution in [1.82, 2.24) is 10.3 Å². The molecule has 1 N–H and O–H groups in total. The summed E-state index contributed by atoms with van der Waals surface area (Å²) in [5.74, 6) is -2.49. The molecule has 1 aliphatic carbocycles. The molecular formula is C27H32FN3O5. The van der Waals surface area contributed by atoms with Crippen LogP contribution in [0, 0.1) is 5.92 Å². The van der Waals surface area contributed by atoms with Gasteiger partial charge in [0.25, 0.3) is 5.91 Å². The molecule has 2 aromatic rings. The van der Waals surface area contributed by atoms with Crippen molar-refractivity contribution >= 4 is 34.1 Å². The van der Waals surface area contributed by atoms with E-state index in [4.69, 9.17) is 9.57 Å². The highest BCUT2D eigenvalue weighted by molar-refractivity contribution is 6.12. The van der Waals surface area contributed by atoms with Crippen LogP contribution in [0.2, 0.25) is 0 Å². The largest absolute Gasteiger partial charge is 0.462 e. The van der Waals surface area contributed by atoms with Crippen molar-refractivity contribution in [3.05, 3.63) is 42.2 Å². The van der Waals surface area contributed by atoms with Crippen LogP contribution in [0.5, 0.6) is 0 Å². The van der Waals surface area contributed by atoms with Crippen LogP contribution in [0.25, 0.3) is 10.8 Å². The Morgan fingerprint density at radius 1 is 1.17 bits per heavy atom. The number of ketones is 1. The van der Waals surface area contributed by atoms with E-state index in [0.29, 0.717) is 11.4 Å². The van der Waals surface area contributed by atoms with Crippen molar-refractivity contribution in [2.24, 2.45) is 11.1 Å². The molecule has 2 heterocycles. The zero-order chi connectivity index (χ0) is 25.7. The highest BCUT2D eigenvalue weighted by Crippen LogP contribution is 2.35. The molecule has 9 heteroatoms. The summed E-state index contributed by atoms with van der Waals surface area (Å²) in [7, 11) is 0. The summed E-state index contributed by atoms with van der Waals surface area (Å²) < 4.78 is 18.8. The molecule has 0 saturated heterocycles. The third kappa shape index (κ3) is 5.39. The minimum Gasteiger partial charge on any atom is -0.462 e. The third-order valence-electron chi connectivity index (χ3n) is 7.06. The van der Waals surface area contributed by atoms with Gasteiger partial charge in [0.15, 0.2) is 5.78 Å². The maximum Gasteiger partial charge on any atom is 0.308 e. The number of rotatable bonds is 9. The number of fused-ring (bicyclic) bond motifs is 1. The molecule has 0 spiro atoms. The predicted molar refractivity (Wildman–Crippen MR) is 132 cm³/mol. The van der Waals surface area contributed by atoms with Gasteiger partial charge in [-0.25, -0.2) is 4.39 Å². The fourth-order valence-electron chi connectivity index (χ4n) is 4.82. The lowest BCUT2D eigenvalue weighted by molar-refractivity contribution is -0.155. The fraction of sp³-hybridized carbons (Fsp3) is 0.519. The Labute approximate surface area is 209 Å². The molecule has 192 valence electrons. The van der Waals surface area contributed by atoms with Crippen LogP contribution in [0.1, 0.15) is 64.5 Å². The number of carbonyl (C=O) groups excluding carboxylic acids is 3. The van der Waals surface area contributed by atoms with E-state index in [0.717, 1.165) is 42.9 Å². The monoisotopic (exact) mass is 497 g/mol. The second-order valence-electron chi connectivity index (χ2n) is 9.81. The number of hydrogen-bond acceptors (Lipinski definition) is 7. The smallest absolute Gasteiger partial charge is 0.308 e. The van der Waals surface area contributed by atoms with Gasteiger partial charge < -0.3 is 14.9 Å². The number of amides is 1. The van der Waals surface area contributed by atoms with Crippen molar-refractivity contribution in [3.63, 3.8) is 0 Å². The summed E-state index contributed by atoms with van der Waals surface area (Å²) in [6.07, 6.45) is 5.74. The number of aromatic nitrogens is 1. The average Bonchev–Trinajstić information content (AvgIpc) is 3.35. The number of carbonyl (C=O) groups is 3. The average molecular weight is 498 g/mol. The highest BCUT2D eigenvalue weighted by atomic mass is 19.1. The van der Waals surface area contributed by atoms with Gasteiger partial charge in [0.05, 0.1) is 12.1 Å². The van der Waals surface area contributed by atoms with Crippen LogP contribution in [0.15, 0.2) is 41.7 Å². The van der Waals surface area contributed by atoms with Gasteiger partial charge in [-0.1, -0.05) is 49.7 Å². The van der Waals surface area contributed by atoms with E-state index in [-0.39, 0.29) is 18.4 Å². The number of hydrogen-bond donors (Lipinski definition) is 1. The van der Waals surface area contributed by atoms with Gasteiger partial charge in [0.1, 0.15) is 24.5 Å². The van der Waals surface area contributed by atoms with Crippen LogP contribution in [-0.2, 0) is 24.0 Å². The van der Waals surface area contributed by atoms with E-state index < -0.39 is 42.4 Å². The molecule has 4 rings (SSSR count). The molecule has 8 nitrogen and oxygen atoms in total. The van der Waals surface area contributed by atoms with Gasteiger partial charge >= 0.3 is 5.97 Å². The van der Waals surface area contributed by atoms with E-state index in [1.807, 2.05) is 30.3 Å². The minimum atomic E-state index is -1.43. The lowest BCUT2D eigenvalue weighted by atomic mass is 9.83. The van der Waals surface area contributed by atoms with Crippen LogP contribution < -0.4 is 5.32 Å². The first-order valence-corrected chi connectivity index (χ1v) is 12.5. The minimum absolute atomic E-state index is 0.112. The normalized spacial score (nSPS) is 21.1. The first-order chi connectivity index (χ1) is 17.3. The Balaban J connectivity index is 1.49. The quantitative estimate of drug-likeness (QED) is 0.524. The van der Waals surface area contributed by atoms with Crippen LogP contribution in [-0.4, -0.2) is 52.8 Å². The van der Waals surface area contributed by atoms with E-state index in [9.17, 15) is 18.8 Å². The number of benzene rings is 1. The van der Waals surface area contributed by atoms with Gasteiger partial charge in [-0.15, -0.1) is 0 Å². The van der Waals surface area contributed by atoms with E-state index in [1.165, 1.54) is 0 Å². The Morgan fingerprint density at radius 2 is 1.92 bits per heavy atom. The van der Waals surface area contributed by atoms with E-state index >= 15 is 0 Å². The van der Waals surface area contributed by atoms with Gasteiger partial charge in [0, 0.05) is 23.9 Å². The van der Waals surface area contributed by atoms with Gasteiger partial charge in [-0.05, 0) is 37.1 Å². The summed E-state index contributed by atoms with van der Waals surface area (Å²) in [5, 5.41) is 8.61. The number of nitrogens with one attached hydrogen (secondary N) is 1. The number of halogens is 1. The molecule has 1 fully saturated rings. The van der Waals surface area contributed by atoms with Gasteiger partial charge in [-0.2, -0.15) is 0 Å². The number of nitrogens with zero attached hydrogens (tertiary/aromatic N) is 2. The number of alkyl halides is 1. The Bertz CT molecular complexity index is 1160.